The SMILES string of the molecule is CCn1cc(CN2CCN(Cc3ccc(OC)c(C)c3)[C@H](CCO)C2)c(C)n1. The van der Waals surface area contributed by atoms with Gasteiger partial charge in [-0.1, -0.05) is 12.1 Å². The van der Waals surface area contributed by atoms with E-state index in [4.69, 9.17) is 4.74 Å². The highest BCUT2D eigenvalue weighted by Gasteiger charge is 2.27. The van der Waals surface area contributed by atoms with Gasteiger partial charge in [-0.25, -0.2) is 0 Å². The Morgan fingerprint density at radius 3 is 2.68 bits per heavy atom. The molecule has 1 N–H and O–H groups in total. The molecule has 2 aromatic rings. The summed E-state index contributed by atoms with van der Waals surface area (Å²) in [4.78, 5) is 5.01. The summed E-state index contributed by atoms with van der Waals surface area (Å²) in [5, 5.41) is 14.2. The number of rotatable bonds is 8. The van der Waals surface area contributed by atoms with Crippen molar-refractivity contribution in [3.63, 3.8) is 0 Å². The van der Waals surface area contributed by atoms with Gasteiger partial charge in [0.25, 0.3) is 0 Å². The Labute approximate surface area is 168 Å². The van der Waals surface area contributed by atoms with Crippen LogP contribution in [-0.2, 0) is 19.6 Å². The summed E-state index contributed by atoms with van der Waals surface area (Å²) in [6.45, 7) is 12.3. The number of aliphatic hydroxyl groups excluding tert-OH is 1. The molecular formula is C22H34N4O2. The molecule has 2 heterocycles. The van der Waals surface area contributed by atoms with Crippen LogP contribution in [0.25, 0.3) is 0 Å². The molecule has 154 valence electrons. The number of aliphatic hydroxyl groups is 1. The third kappa shape index (κ3) is 4.93. The fourth-order valence-electron chi connectivity index (χ4n) is 4.12. The fourth-order valence-corrected chi connectivity index (χ4v) is 4.12. The van der Waals surface area contributed by atoms with E-state index >= 15 is 0 Å². The van der Waals surface area contributed by atoms with E-state index in [0.29, 0.717) is 6.04 Å². The maximum atomic E-state index is 9.60. The molecule has 0 unspecified atom stereocenters. The first-order valence-corrected chi connectivity index (χ1v) is 10.3. The van der Waals surface area contributed by atoms with E-state index in [0.717, 1.165) is 57.1 Å². The summed E-state index contributed by atoms with van der Waals surface area (Å²) in [6.07, 6.45) is 2.97. The normalized spacial score (nSPS) is 18.5. The van der Waals surface area contributed by atoms with Gasteiger partial charge < -0.3 is 9.84 Å². The molecule has 6 nitrogen and oxygen atoms in total. The van der Waals surface area contributed by atoms with Crippen LogP contribution in [-0.4, -0.2) is 64.1 Å². The smallest absolute Gasteiger partial charge is 0.121 e. The van der Waals surface area contributed by atoms with Gasteiger partial charge in [-0.3, -0.25) is 14.5 Å². The van der Waals surface area contributed by atoms with Crippen molar-refractivity contribution in [3.8, 4) is 5.75 Å². The van der Waals surface area contributed by atoms with E-state index in [2.05, 4.69) is 60.1 Å². The molecule has 1 saturated heterocycles. The molecule has 3 rings (SSSR count). The summed E-state index contributed by atoms with van der Waals surface area (Å²) in [6, 6.07) is 6.78. The number of aromatic nitrogens is 2. The minimum Gasteiger partial charge on any atom is -0.496 e. The van der Waals surface area contributed by atoms with Gasteiger partial charge >= 0.3 is 0 Å². The molecule has 0 spiro atoms. The van der Waals surface area contributed by atoms with Crippen molar-refractivity contribution in [1.29, 1.82) is 0 Å². The van der Waals surface area contributed by atoms with Crippen molar-refractivity contribution in [2.75, 3.05) is 33.4 Å². The Hall–Kier alpha value is -1.89. The molecule has 1 aliphatic rings. The van der Waals surface area contributed by atoms with Crippen LogP contribution in [0.2, 0.25) is 0 Å². The minimum absolute atomic E-state index is 0.226. The molecule has 1 fully saturated rings. The molecule has 1 aliphatic heterocycles. The summed E-state index contributed by atoms with van der Waals surface area (Å²) in [5.41, 5.74) is 4.90. The van der Waals surface area contributed by atoms with E-state index in [1.807, 2.05) is 4.68 Å². The Morgan fingerprint density at radius 2 is 2.04 bits per heavy atom. The number of hydrogen-bond donors (Lipinski definition) is 1. The third-order valence-electron chi connectivity index (χ3n) is 5.76. The fraction of sp³-hybridized carbons (Fsp3) is 0.591. The van der Waals surface area contributed by atoms with Crippen LogP contribution in [0.3, 0.4) is 0 Å². The first-order chi connectivity index (χ1) is 13.5. The Morgan fingerprint density at radius 1 is 1.21 bits per heavy atom. The lowest BCUT2D eigenvalue weighted by Gasteiger charge is -2.41. The molecule has 28 heavy (non-hydrogen) atoms. The minimum atomic E-state index is 0.226. The zero-order valence-corrected chi connectivity index (χ0v) is 17.7. The quantitative estimate of drug-likeness (QED) is 0.756. The van der Waals surface area contributed by atoms with Gasteiger partial charge in [-0.05, 0) is 44.4 Å². The summed E-state index contributed by atoms with van der Waals surface area (Å²) in [7, 11) is 1.71. The van der Waals surface area contributed by atoms with Gasteiger partial charge in [0, 0.05) is 63.7 Å². The summed E-state index contributed by atoms with van der Waals surface area (Å²) >= 11 is 0. The zero-order valence-electron chi connectivity index (χ0n) is 17.7. The monoisotopic (exact) mass is 386 g/mol. The molecule has 0 bridgehead atoms. The maximum absolute atomic E-state index is 9.60. The van der Waals surface area contributed by atoms with Gasteiger partial charge in [0.05, 0.1) is 12.8 Å². The molecule has 1 atom stereocenters. The molecule has 0 radical (unpaired) electrons. The van der Waals surface area contributed by atoms with E-state index in [1.54, 1.807) is 7.11 Å². The highest BCUT2D eigenvalue weighted by Crippen LogP contribution is 2.23. The second-order valence-corrected chi connectivity index (χ2v) is 7.77. The van der Waals surface area contributed by atoms with Crippen LogP contribution in [0.4, 0.5) is 0 Å². The lowest BCUT2D eigenvalue weighted by molar-refractivity contribution is 0.0498. The molecule has 1 aromatic heterocycles. The van der Waals surface area contributed by atoms with Crippen LogP contribution in [0.15, 0.2) is 24.4 Å². The Bertz CT molecular complexity index is 774. The van der Waals surface area contributed by atoms with Crippen molar-refractivity contribution >= 4 is 0 Å². The molecule has 1 aromatic carbocycles. The maximum Gasteiger partial charge on any atom is 0.121 e. The van der Waals surface area contributed by atoms with Crippen molar-refractivity contribution in [2.24, 2.45) is 0 Å². The largest absolute Gasteiger partial charge is 0.496 e. The molecule has 6 heteroatoms. The first-order valence-electron chi connectivity index (χ1n) is 10.3. The Kier molecular flexibility index (Phi) is 7.10. The second kappa shape index (κ2) is 9.54. The molecular weight excluding hydrogens is 352 g/mol. The lowest BCUT2D eigenvalue weighted by atomic mass is 10.0. The van der Waals surface area contributed by atoms with Gasteiger partial charge in [-0.2, -0.15) is 5.10 Å². The van der Waals surface area contributed by atoms with Crippen molar-refractivity contribution in [3.05, 3.63) is 46.8 Å². The number of hydrogen-bond acceptors (Lipinski definition) is 5. The average Bonchev–Trinajstić information content (AvgIpc) is 3.04. The first kappa shape index (κ1) is 20.8. The number of piperazine rings is 1. The van der Waals surface area contributed by atoms with Crippen molar-refractivity contribution < 1.29 is 9.84 Å². The van der Waals surface area contributed by atoms with Crippen LogP contribution in [0.5, 0.6) is 5.75 Å². The molecule has 0 aliphatic carbocycles. The van der Waals surface area contributed by atoms with Crippen LogP contribution < -0.4 is 4.74 Å². The Balaban J connectivity index is 1.65. The van der Waals surface area contributed by atoms with Gasteiger partial charge in [-0.15, -0.1) is 0 Å². The highest BCUT2D eigenvalue weighted by atomic mass is 16.5. The molecule has 0 saturated carbocycles. The zero-order chi connectivity index (χ0) is 20.1. The highest BCUT2D eigenvalue weighted by molar-refractivity contribution is 5.36. The van der Waals surface area contributed by atoms with Crippen LogP contribution in [0, 0.1) is 13.8 Å². The van der Waals surface area contributed by atoms with E-state index in [-0.39, 0.29) is 6.61 Å². The summed E-state index contributed by atoms with van der Waals surface area (Å²) < 4.78 is 7.39. The third-order valence-corrected chi connectivity index (χ3v) is 5.76. The lowest BCUT2D eigenvalue weighted by Crippen LogP contribution is -2.52. The van der Waals surface area contributed by atoms with Crippen LogP contribution >= 0.6 is 0 Å². The van der Waals surface area contributed by atoms with Gasteiger partial charge in [0.15, 0.2) is 0 Å². The van der Waals surface area contributed by atoms with Crippen molar-refractivity contribution in [1.82, 2.24) is 19.6 Å². The predicted octanol–water partition coefficient (Wildman–Crippen LogP) is 2.60. The number of ether oxygens (including phenoxy) is 1. The summed E-state index contributed by atoms with van der Waals surface area (Å²) in [5.74, 6) is 0.934. The number of benzene rings is 1. The van der Waals surface area contributed by atoms with E-state index < -0.39 is 0 Å². The standard InChI is InChI=1S/C22H34N4O2/c1-5-26-15-20(18(3)23-26)14-24-9-10-25(21(16-24)8-11-27)13-19-6-7-22(28-4)17(2)12-19/h6-7,12,15,21,27H,5,8-11,13-14,16H2,1-4H3/t21-/m1/s1. The second-order valence-electron chi connectivity index (χ2n) is 7.77. The number of aryl methyl sites for hydroxylation is 3. The van der Waals surface area contributed by atoms with Crippen molar-refractivity contribution in [2.45, 2.75) is 52.9 Å². The van der Waals surface area contributed by atoms with E-state index in [1.165, 1.54) is 16.7 Å². The average molecular weight is 387 g/mol. The predicted molar refractivity (Wildman–Crippen MR) is 112 cm³/mol. The van der Waals surface area contributed by atoms with Gasteiger partial charge in [0.2, 0.25) is 0 Å². The number of methoxy groups -OCH3 is 1. The number of nitrogens with zero attached hydrogens (tertiary/aromatic N) is 4. The van der Waals surface area contributed by atoms with E-state index in [9.17, 15) is 5.11 Å². The molecule has 0 amide bonds. The van der Waals surface area contributed by atoms with Gasteiger partial charge in [0.1, 0.15) is 5.75 Å². The van der Waals surface area contributed by atoms with Crippen LogP contribution in [0.1, 0.15) is 35.7 Å². The topological polar surface area (TPSA) is 53.8 Å².